The quantitative estimate of drug-likeness (QED) is 0.556. The third kappa shape index (κ3) is 4.03. The summed E-state index contributed by atoms with van der Waals surface area (Å²) in [5.41, 5.74) is 10.2. The van der Waals surface area contributed by atoms with Gasteiger partial charge in [0.25, 0.3) is 0 Å². The lowest BCUT2D eigenvalue weighted by molar-refractivity contribution is -0.137. The van der Waals surface area contributed by atoms with E-state index in [0.717, 1.165) is 42.3 Å². The van der Waals surface area contributed by atoms with Crippen molar-refractivity contribution in [3.8, 4) is 5.75 Å². The Bertz CT molecular complexity index is 1070. The van der Waals surface area contributed by atoms with Crippen molar-refractivity contribution in [3.63, 3.8) is 0 Å². The molecule has 6 nitrogen and oxygen atoms in total. The summed E-state index contributed by atoms with van der Waals surface area (Å²) in [6, 6.07) is 16.2. The lowest BCUT2D eigenvalue weighted by atomic mass is 9.84. The van der Waals surface area contributed by atoms with Gasteiger partial charge in [-0.3, -0.25) is 9.59 Å². The highest BCUT2D eigenvalue weighted by molar-refractivity contribution is 5.94. The van der Waals surface area contributed by atoms with Crippen LogP contribution >= 0.6 is 0 Å². The van der Waals surface area contributed by atoms with Crippen LogP contribution in [0.15, 0.2) is 48.5 Å². The fourth-order valence-corrected chi connectivity index (χ4v) is 4.42. The summed E-state index contributed by atoms with van der Waals surface area (Å²) in [5.74, 6) is -0.732. The van der Waals surface area contributed by atoms with Crippen LogP contribution in [0.3, 0.4) is 0 Å². The van der Waals surface area contributed by atoms with Gasteiger partial charge in [0.2, 0.25) is 5.91 Å². The maximum Gasteiger partial charge on any atom is 0.303 e. The molecule has 0 saturated carbocycles. The van der Waals surface area contributed by atoms with Crippen LogP contribution in [0.1, 0.15) is 48.4 Å². The minimum absolute atomic E-state index is 0.0782. The molecule has 1 aromatic heterocycles. The Morgan fingerprint density at radius 1 is 1.17 bits per heavy atom. The Hall–Kier alpha value is -3.28. The van der Waals surface area contributed by atoms with Gasteiger partial charge < -0.3 is 20.1 Å². The number of aromatic nitrogens is 1. The summed E-state index contributed by atoms with van der Waals surface area (Å²) in [6.45, 7) is 1.07. The van der Waals surface area contributed by atoms with E-state index in [4.69, 9.17) is 15.6 Å². The van der Waals surface area contributed by atoms with Crippen molar-refractivity contribution in [1.29, 1.82) is 0 Å². The summed E-state index contributed by atoms with van der Waals surface area (Å²) in [4.78, 5) is 22.9. The number of benzene rings is 2. The molecule has 0 bridgehead atoms. The molecule has 1 aliphatic rings. The molecule has 0 fully saturated rings. The molecule has 1 aliphatic carbocycles. The van der Waals surface area contributed by atoms with E-state index in [1.54, 1.807) is 0 Å². The molecule has 2 aromatic carbocycles. The molecular weight excluding hydrogens is 380 g/mol. The highest BCUT2D eigenvalue weighted by atomic mass is 16.5. The Labute approximate surface area is 175 Å². The van der Waals surface area contributed by atoms with Crippen LogP contribution in [0.2, 0.25) is 0 Å². The van der Waals surface area contributed by atoms with Crippen LogP contribution in [0, 0.1) is 0 Å². The molecule has 6 heteroatoms. The summed E-state index contributed by atoms with van der Waals surface area (Å²) in [5, 5.41) is 9.79. The van der Waals surface area contributed by atoms with Crippen molar-refractivity contribution >= 4 is 22.8 Å². The zero-order chi connectivity index (χ0) is 21.1. The Morgan fingerprint density at radius 2 is 1.97 bits per heavy atom. The van der Waals surface area contributed by atoms with Gasteiger partial charge in [-0.05, 0) is 55.0 Å². The van der Waals surface area contributed by atoms with Gasteiger partial charge in [0, 0.05) is 29.6 Å². The van der Waals surface area contributed by atoms with Crippen molar-refractivity contribution in [2.45, 2.75) is 44.6 Å². The van der Waals surface area contributed by atoms with Crippen molar-refractivity contribution in [2.24, 2.45) is 5.73 Å². The standard InChI is InChI=1S/C24H26N2O4/c25-24(29)18-8-4-9-21-23(18)19-14-17(30-13-5-10-22(27)28)11-12-20(19)26(21)15-16-6-2-1-3-7-16/h1-3,6-7,11-12,14,18H,4-5,8-10,13,15H2,(H2,25,29)(H,27,28). The van der Waals surface area contributed by atoms with Gasteiger partial charge in [-0.25, -0.2) is 0 Å². The average molecular weight is 406 g/mol. The van der Waals surface area contributed by atoms with E-state index < -0.39 is 5.97 Å². The maximum atomic E-state index is 12.2. The number of carbonyl (C=O) groups is 2. The zero-order valence-corrected chi connectivity index (χ0v) is 16.8. The van der Waals surface area contributed by atoms with Gasteiger partial charge in [0.05, 0.1) is 12.5 Å². The van der Waals surface area contributed by atoms with Gasteiger partial charge in [0.1, 0.15) is 5.75 Å². The molecule has 30 heavy (non-hydrogen) atoms. The summed E-state index contributed by atoms with van der Waals surface area (Å²) in [7, 11) is 0. The van der Waals surface area contributed by atoms with Crippen molar-refractivity contribution in [2.75, 3.05) is 6.61 Å². The van der Waals surface area contributed by atoms with E-state index in [1.165, 1.54) is 11.3 Å². The molecule has 1 heterocycles. The minimum atomic E-state index is -0.828. The number of fused-ring (bicyclic) bond motifs is 3. The van der Waals surface area contributed by atoms with E-state index in [2.05, 4.69) is 16.7 Å². The highest BCUT2D eigenvalue weighted by Gasteiger charge is 2.31. The number of carboxylic acid groups (broad SMARTS) is 1. The third-order valence-corrected chi connectivity index (χ3v) is 5.77. The smallest absolute Gasteiger partial charge is 0.303 e. The van der Waals surface area contributed by atoms with Gasteiger partial charge in [-0.1, -0.05) is 30.3 Å². The van der Waals surface area contributed by atoms with Gasteiger partial charge in [-0.15, -0.1) is 0 Å². The maximum absolute atomic E-state index is 12.2. The number of nitrogens with two attached hydrogens (primary N) is 1. The number of carbonyl (C=O) groups excluding carboxylic acids is 1. The molecule has 3 N–H and O–H groups in total. The zero-order valence-electron chi connectivity index (χ0n) is 16.8. The van der Waals surface area contributed by atoms with Gasteiger partial charge in [-0.2, -0.15) is 0 Å². The van der Waals surface area contributed by atoms with Gasteiger partial charge >= 0.3 is 5.97 Å². The van der Waals surface area contributed by atoms with E-state index in [0.29, 0.717) is 18.8 Å². The number of aliphatic carboxylic acids is 1. The third-order valence-electron chi connectivity index (χ3n) is 5.77. The second-order valence-electron chi connectivity index (χ2n) is 7.80. The number of nitrogens with zero attached hydrogens (tertiary/aromatic N) is 1. The molecule has 156 valence electrons. The van der Waals surface area contributed by atoms with Crippen LogP contribution in [-0.2, 0) is 22.6 Å². The number of ether oxygens (including phenoxy) is 1. The molecule has 1 unspecified atom stereocenters. The second-order valence-corrected chi connectivity index (χ2v) is 7.80. The predicted molar refractivity (Wildman–Crippen MR) is 115 cm³/mol. The lowest BCUT2D eigenvalue weighted by Gasteiger charge is -2.22. The van der Waals surface area contributed by atoms with E-state index in [-0.39, 0.29) is 18.2 Å². The molecule has 4 rings (SSSR count). The van der Waals surface area contributed by atoms with E-state index in [1.807, 2.05) is 36.4 Å². The topological polar surface area (TPSA) is 94.6 Å². The number of carboxylic acids is 1. The molecule has 1 atom stereocenters. The Kier molecular flexibility index (Phi) is 5.74. The monoisotopic (exact) mass is 406 g/mol. The minimum Gasteiger partial charge on any atom is -0.494 e. The first-order chi connectivity index (χ1) is 14.5. The fourth-order valence-electron chi connectivity index (χ4n) is 4.42. The Balaban J connectivity index is 1.74. The number of rotatable bonds is 8. The van der Waals surface area contributed by atoms with Gasteiger partial charge in [0.15, 0.2) is 0 Å². The van der Waals surface area contributed by atoms with Crippen molar-refractivity contribution in [3.05, 3.63) is 65.4 Å². The summed E-state index contributed by atoms with van der Waals surface area (Å²) in [6.07, 6.45) is 3.13. The first-order valence-electron chi connectivity index (χ1n) is 10.4. The number of amides is 1. The molecule has 3 aromatic rings. The number of primary amides is 1. The normalized spacial score (nSPS) is 15.7. The fraction of sp³-hybridized carbons (Fsp3) is 0.333. The first kappa shape index (κ1) is 20.0. The van der Waals surface area contributed by atoms with Crippen LogP contribution in [-0.4, -0.2) is 28.2 Å². The van der Waals surface area contributed by atoms with E-state index >= 15 is 0 Å². The second kappa shape index (κ2) is 8.61. The Morgan fingerprint density at radius 3 is 2.70 bits per heavy atom. The molecular formula is C24H26N2O4. The predicted octanol–water partition coefficient (Wildman–Crippen LogP) is 3.84. The number of hydrogen-bond acceptors (Lipinski definition) is 3. The highest BCUT2D eigenvalue weighted by Crippen LogP contribution is 2.40. The molecule has 0 spiro atoms. The van der Waals surface area contributed by atoms with Crippen LogP contribution < -0.4 is 10.5 Å². The van der Waals surface area contributed by atoms with E-state index in [9.17, 15) is 9.59 Å². The van der Waals surface area contributed by atoms with Crippen LogP contribution in [0.4, 0.5) is 0 Å². The largest absolute Gasteiger partial charge is 0.494 e. The number of hydrogen-bond donors (Lipinski definition) is 2. The van der Waals surface area contributed by atoms with Crippen LogP contribution in [0.25, 0.3) is 10.9 Å². The summed E-state index contributed by atoms with van der Waals surface area (Å²) < 4.78 is 8.08. The SMILES string of the molecule is NC(=O)C1CCCc2c1c1cc(OCCCC(=O)O)ccc1n2Cc1ccccc1. The van der Waals surface area contributed by atoms with Crippen LogP contribution in [0.5, 0.6) is 5.75 Å². The molecule has 0 saturated heterocycles. The lowest BCUT2D eigenvalue weighted by Crippen LogP contribution is -2.25. The van der Waals surface area contributed by atoms with Crippen molar-refractivity contribution < 1.29 is 19.4 Å². The first-order valence-corrected chi connectivity index (χ1v) is 10.4. The van der Waals surface area contributed by atoms with Crippen molar-refractivity contribution in [1.82, 2.24) is 4.57 Å². The average Bonchev–Trinajstić information content (AvgIpc) is 3.05. The molecule has 0 radical (unpaired) electrons. The molecule has 1 amide bonds. The summed E-state index contributed by atoms with van der Waals surface area (Å²) >= 11 is 0. The molecule has 0 aliphatic heterocycles.